The molecular weight excluding hydrogens is 454 g/mol. The smallest absolute Gasteiger partial charge is 0.344 e. The van der Waals surface area contributed by atoms with Crippen LogP contribution in [0, 0.1) is 0 Å². The molecule has 1 N–H and O–H groups in total. The maximum absolute atomic E-state index is 12.6. The van der Waals surface area contributed by atoms with Gasteiger partial charge in [0.05, 0.1) is 38.5 Å². The second-order valence-corrected chi connectivity index (χ2v) is 7.84. The van der Waals surface area contributed by atoms with E-state index >= 15 is 0 Å². The molecule has 0 amide bonds. The highest BCUT2D eigenvalue weighted by Gasteiger charge is 2.33. The van der Waals surface area contributed by atoms with Gasteiger partial charge >= 0.3 is 5.97 Å². The van der Waals surface area contributed by atoms with Crippen molar-refractivity contribution in [2.45, 2.75) is 6.92 Å². The molecule has 0 bridgehead atoms. The molecule has 168 valence electrons. The van der Waals surface area contributed by atoms with Crippen LogP contribution >= 0.6 is 23.4 Å². The minimum absolute atomic E-state index is 0.0116. The Kier molecular flexibility index (Phi) is 7.71. The minimum atomic E-state index is -0.666. The molecule has 0 saturated heterocycles. The highest BCUT2D eigenvalue weighted by molar-refractivity contribution is 8.18. The summed E-state index contributed by atoms with van der Waals surface area (Å²) in [7, 11) is 4.54. The first kappa shape index (κ1) is 23.6. The van der Waals surface area contributed by atoms with Gasteiger partial charge in [0.2, 0.25) is 5.75 Å². The summed E-state index contributed by atoms with van der Waals surface area (Å²) in [6, 6.07) is 10.4. The van der Waals surface area contributed by atoms with Crippen LogP contribution in [0.2, 0.25) is 5.02 Å². The van der Waals surface area contributed by atoms with E-state index in [-0.39, 0.29) is 17.9 Å². The van der Waals surface area contributed by atoms with E-state index in [0.29, 0.717) is 43.5 Å². The number of thioether (sulfide) groups is 1. The molecule has 0 atom stereocenters. The molecule has 2 aromatic carbocycles. The predicted octanol–water partition coefficient (Wildman–Crippen LogP) is 5.56. The number of hydrogen-bond donors (Lipinski definition) is 1. The van der Waals surface area contributed by atoms with E-state index in [1.54, 1.807) is 49.4 Å². The van der Waals surface area contributed by atoms with E-state index in [1.165, 1.54) is 21.3 Å². The maximum atomic E-state index is 12.6. The van der Waals surface area contributed by atoms with Gasteiger partial charge in [-0.15, -0.1) is 0 Å². The Morgan fingerprint density at radius 3 is 2.50 bits per heavy atom. The van der Waals surface area contributed by atoms with Crippen LogP contribution in [0.3, 0.4) is 0 Å². The van der Waals surface area contributed by atoms with Crippen LogP contribution in [0.25, 0.3) is 6.08 Å². The van der Waals surface area contributed by atoms with Gasteiger partial charge in [0.15, 0.2) is 11.5 Å². The topological polar surface area (TPSA) is 86.6 Å². The first-order chi connectivity index (χ1) is 15.4. The van der Waals surface area contributed by atoms with Crippen molar-refractivity contribution in [3.05, 3.63) is 63.2 Å². The number of aliphatic hydroxyl groups excluding tert-OH is 1. The number of esters is 1. The normalized spacial score (nSPS) is 15.9. The molecule has 0 unspecified atom stereocenters. The van der Waals surface area contributed by atoms with E-state index in [1.807, 2.05) is 0 Å². The van der Waals surface area contributed by atoms with Crippen molar-refractivity contribution >= 4 is 46.1 Å². The summed E-state index contributed by atoms with van der Waals surface area (Å²) in [6.07, 6.45) is 1.68. The number of ether oxygens (including phenoxy) is 4. The Morgan fingerprint density at radius 2 is 1.88 bits per heavy atom. The van der Waals surface area contributed by atoms with Gasteiger partial charge in [0.25, 0.3) is 0 Å². The summed E-state index contributed by atoms with van der Waals surface area (Å²) in [4.78, 5) is 17.5. The van der Waals surface area contributed by atoms with Crippen molar-refractivity contribution in [3.8, 4) is 17.2 Å². The van der Waals surface area contributed by atoms with Crippen LogP contribution in [-0.4, -0.2) is 44.1 Å². The van der Waals surface area contributed by atoms with Crippen LogP contribution < -0.4 is 14.2 Å². The molecule has 1 aliphatic rings. The van der Waals surface area contributed by atoms with E-state index in [9.17, 15) is 9.90 Å². The molecule has 0 saturated carbocycles. The summed E-state index contributed by atoms with van der Waals surface area (Å²) < 4.78 is 21.4. The van der Waals surface area contributed by atoms with E-state index in [0.717, 1.165) is 11.8 Å². The number of aliphatic imine (C=N–C) groups is 1. The lowest BCUT2D eigenvalue weighted by Crippen LogP contribution is -2.12. The van der Waals surface area contributed by atoms with Crippen LogP contribution in [0.5, 0.6) is 17.2 Å². The van der Waals surface area contributed by atoms with Crippen molar-refractivity contribution < 1.29 is 28.8 Å². The van der Waals surface area contributed by atoms with Gasteiger partial charge in [-0.25, -0.2) is 9.79 Å². The monoisotopic (exact) mass is 475 g/mol. The van der Waals surface area contributed by atoms with Gasteiger partial charge in [-0.05, 0) is 43.3 Å². The Labute approximate surface area is 195 Å². The zero-order valence-corrected chi connectivity index (χ0v) is 19.5. The second-order valence-electron chi connectivity index (χ2n) is 6.38. The summed E-state index contributed by atoms with van der Waals surface area (Å²) in [5.41, 5.74) is 1.15. The van der Waals surface area contributed by atoms with Crippen molar-refractivity contribution in [2.24, 2.45) is 4.99 Å². The fraction of sp³-hybridized carbons (Fsp3) is 0.217. The summed E-state index contributed by atoms with van der Waals surface area (Å²) in [5.74, 6) is 0.438. The van der Waals surface area contributed by atoms with Crippen LogP contribution in [0.1, 0.15) is 12.5 Å². The molecule has 32 heavy (non-hydrogen) atoms. The lowest BCUT2D eigenvalue weighted by atomic mass is 10.1. The molecule has 0 aromatic heterocycles. The first-order valence-electron chi connectivity index (χ1n) is 9.57. The van der Waals surface area contributed by atoms with Crippen LogP contribution in [0.4, 0.5) is 5.69 Å². The van der Waals surface area contributed by atoms with E-state index < -0.39 is 5.97 Å². The van der Waals surface area contributed by atoms with Gasteiger partial charge in [0.1, 0.15) is 16.4 Å². The number of carbonyl (C=O) groups is 1. The average Bonchev–Trinajstić information content (AvgIpc) is 3.07. The Balaban J connectivity index is 2.12. The van der Waals surface area contributed by atoms with Gasteiger partial charge in [0, 0.05) is 10.6 Å². The van der Waals surface area contributed by atoms with Crippen molar-refractivity contribution in [3.63, 3.8) is 0 Å². The predicted molar refractivity (Wildman–Crippen MR) is 127 cm³/mol. The lowest BCUT2D eigenvalue weighted by Gasteiger charge is -2.14. The number of rotatable bonds is 7. The second kappa shape index (κ2) is 10.5. The minimum Gasteiger partial charge on any atom is -0.506 e. The zero-order valence-electron chi connectivity index (χ0n) is 18.0. The third-order valence-electron chi connectivity index (χ3n) is 4.43. The molecule has 3 rings (SSSR count). The number of aliphatic hydroxyl groups is 1. The van der Waals surface area contributed by atoms with Crippen LogP contribution in [-0.2, 0) is 9.53 Å². The average molecular weight is 476 g/mol. The molecule has 0 fully saturated rings. The quantitative estimate of drug-likeness (QED) is 0.524. The number of carbonyl (C=O) groups excluding carboxylic acids is 1. The third kappa shape index (κ3) is 4.87. The van der Waals surface area contributed by atoms with Gasteiger partial charge < -0.3 is 24.1 Å². The third-order valence-corrected chi connectivity index (χ3v) is 5.69. The van der Waals surface area contributed by atoms with E-state index in [4.69, 9.17) is 30.5 Å². The highest BCUT2D eigenvalue weighted by Crippen LogP contribution is 2.44. The number of halogens is 1. The number of benzene rings is 2. The molecular formula is C23H22ClNO6S. The zero-order chi connectivity index (χ0) is 23.3. The van der Waals surface area contributed by atoms with Gasteiger partial charge in [-0.3, -0.25) is 0 Å². The molecule has 1 heterocycles. The molecule has 2 aromatic rings. The largest absolute Gasteiger partial charge is 0.506 e. The maximum Gasteiger partial charge on any atom is 0.344 e. The van der Waals surface area contributed by atoms with Gasteiger partial charge in [-0.2, -0.15) is 0 Å². The molecule has 1 aliphatic heterocycles. The molecule has 0 spiro atoms. The Morgan fingerprint density at radius 1 is 1.12 bits per heavy atom. The van der Waals surface area contributed by atoms with Gasteiger partial charge in [-0.1, -0.05) is 29.4 Å². The molecule has 0 radical (unpaired) electrons. The lowest BCUT2D eigenvalue weighted by molar-refractivity contribution is -0.138. The first-order valence-corrected chi connectivity index (χ1v) is 10.8. The van der Waals surface area contributed by atoms with E-state index in [2.05, 4.69) is 4.99 Å². The Bertz CT molecular complexity index is 1130. The van der Waals surface area contributed by atoms with Crippen molar-refractivity contribution in [1.82, 2.24) is 0 Å². The SMILES string of the molecule is CCOC(=O)C1=C(O)/C(=C\c2ccc(OC)c(OC)c2OC)SC1=Nc1cccc(Cl)c1. The summed E-state index contributed by atoms with van der Waals surface area (Å²) in [5, 5.41) is 11.7. The highest BCUT2D eigenvalue weighted by atomic mass is 35.5. The number of methoxy groups -OCH3 is 3. The molecule has 0 aliphatic carbocycles. The van der Waals surface area contributed by atoms with Crippen molar-refractivity contribution in [2.75, 3.05) is 27.9 Å². The standard InChI is InChI=1S/C23H22ClNO6S/c1-5-31-23(27)18-19(26)17(32-22(18)25-15-8-6-7-14(24)12-15)11-13-9-10-16(28-2)21(30-4)20(13)29-3/h6-12,26H,5H2,1-4H3/b17-11+,25-22?. The summed E-state index contributed by atoms with van der Waals surface area (Å²) in [6.45, 7) is 1.85. The molecule has 9 heteroatoms. The Hall–Kier alpha value is -3.10. The molecule has 7 nitrogen and oxygen atoms in total. The fourth-order valence-electron chi connectivity index (χ4n) is 3.03. The number of hydrogen-bond acceptors (Lipinski definition) is 8. The van der Waals surface area contributed by atoms with Crippen LogP contribution in [0.15, 0.2) is 57.6 Å². The van der Waals surface area contributed by atoms with Crippen molar-refractivity contribution in [1.29, 1.82) is 0 Å². The fourth-order valence-corrected chi connectivity index (χ4v) is 4.24. The summed E-state index contributed by atoms with van der Waals surface area (Å²) >= 11 is 7.19. The number of nitrogens with zero attached hydrogens (tertiary/aromatic N) is 1.